The van der Waals surface area contributed by atoms with E-state index in [9.17, 15) is 23.1 Å². The summed E-state index contributed by atoms with van der Waals surface area (Å²) in [5.74, 6) is 0.870. The number of nitrogens with zero attached hydrogens (tertiary/aromatic N) is 2. The molecule has 3 aliphatic heterocycles. The van der Waals surface area contributed by atoms with Gasteiger partial charge in [0, 0.05) is 22.8 Å². The molecule has 6 nitrogen and oxygen atoms in total. The molecule has 3 aromatic rings. The average Bonchev–Trinajstić information content (AvgIpc) is 2.99. The predicted molar refractivity (Wildman–Crippen MR) is 176 cm³/mol. The minimum atomic E-state index is -4.25. The van der Waals surface area contributed by atoms with Crippen molar-refractivity contribution in [2.75, 3.05) is 18.6 Å². The molecule has 252 valence electrons. The SMILES string of the molecule is COc1cc2c(cc1OC(C)C)C(c1ccc(Cl)cc1)N(c1ccc([C@@](C)(O)C3CC4CCCC(C3)N4CC(F)(F)F)cc1)C(=O)C2. The molecule has 0 aromatic heterocycles. The number of anilines is 1. The Kier molecular flexibility index (Phi) is 9.28. The van der Waals surface area contributed by atoms with Crippen LogP contribution in [0.25, 0.3) is 0 Å². The molecule has 3 aliphatic rings. The van der Waals surface area contributed by atoms with Crippen molar-refractivity contribution < 1.29 is 32.5 Å². The normalized spacial score (nSPS) is 24.6. The standard InChI is InChI=1S/C37H42ClF3N2O4/c1-22(2)47-33-20-31-24(16-32(33)46-4)17-34(44)43(35(31)23-8-12-27(38)13-9-23)28-14-10-25(11-15-28)36(3,45)26-18-29-6-5-7-30(19-26)42(29)21-37(39,40)41/h8-16,20,22,26,29-30,35,45H,5-7,17-19,21H2,1-4H3/t26?,29?,30?,35?,36-/m1/s1. The molecule has 3 aromatic carbocycles. The average molecular weight is 671 g/mol. The Labute approximate surface area is 279 Å². The van der Waals surface area contributed by atoms with Crippen LogP contribution in [0.4, 0.5) is 18.9 Å². The topological polar surface area (TPSA) is 62.2 Å². The zero-order valence-corrected chi connectivity index (χ0v) is 27.9. The van der Waals surface area contributed by atoms with E-state index in [4.69, 9.17) is 21.1 Å². The van der Waals surface area contributed by atoms with E-state index in [2.05, 4.69) is 0 Å². The zero-order chi connectivity index (χ0) is 33.7. The Balaban J connectivity index is 1.32. The van der Waals surface area contributed by atoms with Gasteiger partial charge >= 0.3 is 6.18 Å². The lowest BCUT2D eigenvalue weighted by molar-refractivity contribution is -0.174. The first kappa shape index (κ1) is 33.6. The Morgan fingerprint density at radius 3 is 2.19 bits per heavy atom. The lowest BCUT2D eigenvalue weighted by Crippen LogP contribution is -2.57. The molecule has 4 atom stereocenters. The summed E-state index contributed by atoms with van der Waals surface area (Å²) in [5, 5.41) is 12.5. The molecule has 2 saturated heterocycles. The van der Waals surface area contributed by atoms with Gasteiger partial charge < -0.3 is 19.5 Å². The number of piperidine rings is 2. The Hall–Kier alpha value is -3.27. The first-order valence-electron chi connectivity index (χ1n) is 16.4. The second-order valence-corrected chi connectivity index (χ2v) is 14.1. The number of hydrogen-bond acceptors (Lipinski definition) is 5. The Morgan fingerprint density at radius 2 is 1.62 bits per heavy atom. The van der Waals surface area contributed by atoms with Crippen LogP contribution in [-0.2, 0) is 16.8 Å². The van der Waals surface area contributed by atoms with Crippen molar-refractivity contribution in [2.24, 2.45) is 5.92 Å². The van der Waals surface area contributed by atoms with Gasteiger partial charge in [-0.3, -0.25) is 9.69 Å². The van der Waals surface area contributed by atoms with E-state index in [1.165, 1.54) is 0 Å². The Bertz CT molecular complexity index is 1580. The van der Waals surface area contributed by atoms with Gasteiger partial charge in [-0.15, -0.1) is 0 Å². The molecule has 10 heteroatoms. The fourth-order valence-corrected chi connectivity index (χ4v) is 8.05. The zero-order valence-electron chi connectivity index (χ0n) is 27.2. The summed E-state index contributed by atoms with van der Waals surface area (Å²) in [6, 6.07) is 17.8. The maximum Gasteiger partial charge on any atom is 0.401 e. The third kappa shape index (κ3) is 6.85. The molecule has 3 unspecified atom stereocenters. The van der Waals surface area contributed by atoms with Crippen LogP contribution in [0, 0.1) is 5.92 Å². The number of alkyl halides is 3. The highest BCUT2D eigenvalue weighted by molar-refractivity contribution is 6.30. The number of rotatable bonds is 8. The van der Waals surface area contributed by atoms with Crippen LogP contribution in [0.2, 0.25) is 5.02 Å². The highest BCUT2D eigenvalue weighted by atomic mass is 35.5. The lowest BCUT2D eigenvalue weighted by Gasteiger charge is -2.52. The quantitative estimate of drug-likeness (QED) is 0.262. The van der Waals surface area contributed by atoms with Crippen LogP contribution in [0.1, 0.15) is 81.2 Å². The van der Waals surface area contributed by atoms with Crippen LogP contribution < -0.4 is 14.4 Å². The number of halogens is 4. The fourth-order valence-electron chi connectivity index (χ4n) is 7.93. The number of carbonyl (C=O) groups excluding carboxylic acids is 1. The van der Waals surface area contributed by atoms with Crippen molar-refractivity contribution in [3.8, 4) is 11.5 Å². The number of hydrogen-bond donors (Lipinski definition) is 1. The summed E-state index contributed by atoms with van der Waals surface area (Å²) < 4.78 is 51.8. The van der Waals surface area contributed by atoms with Crippen molar-refractivity contribution in [1.29, 1.82) is 0 Å². The van der Waals surface area contributed by atoms with Crippen LogP contribution in [-0.4, -0.2) is 53.9 Å². The van der Waals surface area contributed by atoms with Crippen LogP contribution in [0.3, 0.4) is 0 Å². The van der Waals surface area contributed by atoms with E-state index in [-0.39, 0.29) is 36.4 Å². The molecular formula is C37H42ClF3N2O4. The van der Waals surface area contributed by atoms with Gasteiger partial charge in [0.1, 0.15) is 0 Å². The largest absolute Gasteiger partial charge is 0.493 e. The lowest BCUT2D eigenvalue weighted by atomic mass is 9.69. The smallest absolute Gasteiger partial charge is 0.401 e. The molecule has 47 heavy (non-hydrogen) atoms. The van der Waals surface area contributed by atoms with Gasteiger partial charge in [-0.1, -0.05) is 42.3 Å². The molecule has 2 bridgehead atoms. The van der Waals surface area contributed by atoms with Gasteiger partial charge in [-0.25, -0.2) is 0 Å². The van der Waals surface area contributed by atoms with Crippen molar-refractivity contribution >= 4 is 23.2 Å². The molecule has 1 amide bonds. The third-order valence-electron chi connectivity index (χ3n) is 10.1. The second-order valence-electron chi connectivity index (χ2n) is 13.7. The molecule has 1 N–H and O–H groups in total. The minimum Gasteiger partial charge on any atom is -0.493 e. The van der Waals surface area contributed by atoms with Crippen molar-refractivity contribution in [3.63, 3.8) is 0 Å². The molecule has 2 fully saturated rings. The van der Waals surface area contributed by atoms with Crippen molar-refractivity contribution in [3.05, 3.63) is 87.9 Å². The molecule has 0 spiro atoms. The molecule has 0 radical (unpaired) electrons. The molecule has 0 saturated carbocycles. The number of methoxy groups -OCH3 is 1. The summed E-state index contributed by atoms with van der Waals surface area (Å²) in [5.41, 5.74) is 2.73. The monoisotopic (exact) mass is 670 g/mol. The maximum atomic E-state index is 13.9. The summed E-state index contributed by atoms with van der Waals surface area (Å²) in [7, 11) is 1.58. The van der Waals surface area contributed by atoms with Gasteiger partial charge in [0.2, 0.25) is 5.91 Å². The summed E-state index contributed by atoms with van der Waals surface area (Å²) in [6.45, 7) is 4.76. The first-order chi connectivity index (χ1) is 22.2. The van der Waals surface area contributed by atoms with Gasteiger partial charge in [-0.2, -0.15) is 13.2 Å². The van der Waals surface area contributed by atoms with Gasteiger partial charge in [0.25, 0.3) is 0 Å². The molecular weight excluding hydrogens is 629 g/mol. The number of fused-ring (bicyclic) bond motifs is 3. The van der Waals surface area contributed by atoms with E-state index < -0.39 is 24.4 Å². The summed E-state index contributed by atoms with van der Waals surface area (Å²) >= 11 is 6.25. The number of amides is 1. The van der Waals surface area contributed by atoms with Gasteiger partial charge in [0.05, 0.1) is 37.8 Å². The third-order valence-corrected chi connectivity index (χ3v) is 10.4. The first-order valence-corrected chi connectivity index (χ1v) is 16.7. The Morgan fingerprint density at radius 1 is 0.979 bits per heavy atom. The number of ether oxygens (including phenoxy) is 2. The second kappa shape index (κ2) is 13.0. The molecule has 0 aliphatic carbocycles. The number of carbonyl (C=O) groups is 1. The van der Waals surface area contributed by atoms with Crippen molar-refractivity contribution in [1.82, 2.24) is 4.90 Å². The van der Waals surface area contributed by atoms with Crippen LogP contribution in [0.5, 0.6) is 11.5 Å². The van der Waals surface area contributed by atoms with E-state index in [0.29, 0.717) is 53.5 Å². The van der Waals surface area contributed by atoms with E-state index in [1.54, 1.807) is 36.0 Å². The van der Waals surface area contributed by atoms with E-state index in [0.717, 1.165) is 23.1 Å². The highest BCUT2D eigenvalue weighted by Gasteiger charge is 2.48. The summed E-state index contributed by atoms with van der Waals surface area (Å²) in [6.07, 6.45) is -0.837. The number of aliphatic hydroxyl groups is 1. The van der Waals surface area contributed by atoms with Crippen LogP contribution >= 0.6 is 11.6 Å². The number of benzene rings is 3. The molecule has 6 rings (SSSR count). The minimum absolute atomic E-state index is 0.0889. The maximum absolute atomic E-state index is 13.9. The van der Waals surface area contributed by atoms with Crippen molar-refractivity contribution in [2.45, 2.75) is 95.3 Å². The summed E-state index contributed by atoms with van der Waals surface area (Å²) in [4.78, 5) is 17.3. The van der Waals surface area contributed by atoms with Gasteiger partial charge in [-0.05, 0) is 111 Å². The fraction of sp³-hybridized carbons (Fsp3) is 0.486. The van der Waals surface area contributed by atoms with Gasteiger partial charge in [0.15, 0.2) is 11.5 Å². The predicted octanol–water partition coefficient (Wildman–Crippen LogP) is 8.22. The van der Waals surface area contributed by atoms with E-state index >= 15 is 0 Å². The highest BCUT2D eigenvalue weighted by Crippen LogP contribution is 2.47. The molecule has 3 heterocycles. The van der Waals surface area contributed by atoms with Crippen LogP contribution in [0.15, 0.2) is 60.7 Å². The van der Waals surface area contributed by atoms with E-state index in [1.807, 2.05) is 62.4 Å².